The minimum atomic E-state index is -0.172. The second kappa shape index (κ2) is 7.02. The van der Waals surface area contributed by atoms with Crippen LogP contribution >= 0.6 is 0 Å². The van der Waals surface area contributed by atoms with E-state index in [0.29, 0.717) is 11.6 Å². The number of carbonyl (C=O) groups excluding carboxylic acids is 2. The fourth-order valence-corrected chi connectivity index (χ4v) is 3.13. The summed E-state index contributed by atoms with van der Waals surface area (Å²) in [6.45, 7) is 2.19. The third-order valence-corrected chi connectivity index (χ3v) is 4.76. The second-order valence-corrected chi connectivity index (χ2v) is 6.81. The molecule has 5 heteroatoms. The lowest BCUT2D eigenvalue weighted by atomic mass is 9.86. The van der Waals surface area contributed by atoms with E-state index >= 15 is 0 Å². The Labute approximate surface area is 137 Å². The maximum absolute atomic E-state index is 12.2. The fraction of sp³-hybridized carbons (Fsp3) is 0.556. The summed E-state index contributed by atoms with van der Waals surface area (Å²) in [5.41, 5.74) is 1.42. The molecule has 0 saturated heterocycles. The number of hydrogen-bond donors (Lipinski definition) is 3. The molecule has 2 aliphatic rings. The largest absolute Gasteiger partial charge is 0.335 e. The summed E-state index contributed by atoms with van der Waals surface area (Å²) in [5.74, 6) is 0.768. The van der Waals surface area contributed by atoms with Crippen LogP contribution < -0.4 is 16.0 Å². The highest BCUT2D eigenvalue weighted by molar-refractivity contribution is 5.95. The standard InChI is InChI=1S/C18H25N3O2/c1-12-5-2-3-8-16(12)21-18(23)20-15-7-4-6-14(11-15)19-17(22)13-9-10-13/h4,6-7,11-13,16H,2-3,5,8-10H2,1H3,(H,19,22)(H2,20,21,23)/t12-,16+/m1/s1. The average Bonchev–Trinajstić information content (AvgIpc) is 3.35. The second-order valence-electron chi connectivity index (χ2n) is 6.81. The van der Waals surface area contributed by atoms with Crippen molar-refractivity contribution in [3.8, 4) is 0 Å². The Bertz CT molecular complexity index is 583. The van der Waals surface area contributed by atoms with E-state index < -0.39 is 0 Å². The molecule has 0 bridgehead atoms. The summed E-state index contributed by atoms with van der Waals surface area (Å²) in [5, 5.41) is 8.83. The predicted molar refractivity (Wildman–Crippen MR) is 91.4 cm³/mol. The van der Waals surface area contributed by atoms with Gasteiger partial charge in [0.1, 0.15) is 0 Å². The zero-order chi connectivity index (χ0) is 16.2. The molecule has 0 heterocycles. The molecule has 3 rings (SSSR count). The number of anilines is 2. The molecule has 1 aromatic carbocycles. The van der Waals surface area contributed by atoms with Gasteiger partial charge in [0.2, 0.25) is 5.91 Å². The number of carbonyl (C=O) groups is 2. The van der Waals surface area contributed by atoms with Gasteiger partial charge in [0.15, 0.2) is 0 Å². The van der Waals surface area contributed by atoms with E-state index in [1.807, 2.05) is 18.2 Å². The number of nitrogens with one attached hydrogen (secondary N) is 3. The van der Waals surface area contributed by atoms with Gasteiger partial charge in [-0.05, 0) is 49.8 Å². The first-order chi connectivity index (χ1) is 11.1. The van der Waals surface area contributed by atoms with E-state index in [1.165, 1.54) is 19.3 Å². The molecule has 23 heavy (non-hydrogen) atoms. The average molecular weight is 315 g/mol. The summed E-state index contributed by atoms with van der Waals surface area (Å²) in [7, 11) is 0. The molecule has 0 radical (unpaired) electrons. The number of amides is 3. The number of rotatable bonds is 4. The maximum atomic E-state index is 12.2. The van der Waals surface area contributed by atoms with Crippen LogP contribution in [0.3, 0.4) is 0 Å². The van der Waals surface area contributed by atoms with Crippen LogP contribution in [0.1, 0.15) is 45.4 Å². The van der Waals surface area contributed by atoms with Crippen LogP contribution in [-0.4, -0.2) is 18.0 Å². The Morgan fingerprint density at radius 2 is 1.70 bits per heavy atom. The van der Waals surface area contributed by atoms with E-state index in [9.17, 15) is 9.59 Å². The molecule has 0 unspecified atom stereocenters. The number of benzene rings is 1. The molecule has 2 fully saturated rings. The van der Waals surface area contributed by atoms with Gasteiger partial charge in [-0.3, -0.25) is 4.79 Å². The fourth-order valence-electron chi connectivity index (χ4n) is 3.13. The van der Waals surface area contributed by atoms with Gasteiger partial charge in [0.25, 0.3) is 0 Å². The van der Waals surface area contributed by atoms with E-state index in [4.69, 9.17) is 0 Å². The molecular formula is C18H25N3O2. The van der Waals surface area contributed by atoms with Gasteiger partial charge in [-0.1, -0.05) is 25.8 Å². The maximum Gasteiger partial charge on any atom is 0.319 e. The Morgan fingerprint density at radius 1 is 1.00 bits per heavy atom. The summed E-state index contributed by atoms with van der Waals surface area (Å²) in [6, 6.07) is 7.38. The summed E-state index contributed by atoms with van der Waals surface area (Å²) in [4.78, 5) is 24.0. The number of hydrogen-bond acceptors (Lipinski definition) is 2. The molecule has 0 aromatic heterocycles. The van der Waals surface area contributed by atoms with Crippen LogP contribution in [0.15, 0.2) is 24.3 Å². The summed E-state index contributed by atoms with van der Waals surface area (Å²) >= 11 is 0. The highest BCUT2D eigenvalue weighted by atomic mass is 16.2. The molecule has 2 saturated carbocycles. The Hall–Kier alpha value is -2.04. The molecule has 3 N–H and O–H groups in total. The van der Waals surface area contributed by atoms with E-state index in [2.05, 4.69) is 22.9 Å². The zero-order valence-corrected chi connectivity index (χ0v) is 13.6. The van der Waals surface area contributed by atoms with Crippen molar-refractivity contribution in [2.45, 2.75) is 51.5 Å². The Morgan fingerprint density at radius 3 is 2.39 bits per heavy atom. The SMILES string of the molecule is C[C@@H]1CCCC[C@@H]1NC(=O)Nc1cccc(NC(=O)C2CC2)c1. The van der Waals surface area contributed by atoms with Crippen LogP contribution in [0, 0.1) is 11.8 Å². The predicted octanol–water partition coefficient (Wildman–Crippen LogP) is 3.74. The third-order valence-electron chi connectivity index (χ3n) is 4.76. The first-order valence-corrected chi connectivity index (χ1v) is 8.60. The topological polar surface area (TPSA) is 70.2 Å². The van der Waals surface area contributed by atoms with Gasteiger partial charge in [0.05, 0.1) is 0 Å². The molecular weight excluding hydrogens is 290 g/mol. The van der Waals surface area contributed by atoms with Gasteiger partial charge in [0, 0.05) is 23.3 Å². The van der Waals surface area contributed by atoms with Crippen molar-refractivity contribution in [2.24, 2.45) is 11.8 Å². The lowest BCUT2D eigenvalue weighted by molar-refractivity contribution is -0.117. The summed E-state index contributed by atoms with van der Waals surface area (Å²) < 4.78 is 0. The van der Waals surface area contributed by atoms with Gasteiger partial charge < -0.3 is 16.0 Å². The minimum Gasteiger partial charge on any atom is -0.335 e. The van der Waals surface area contributed by atoms with Crippen molar-refractivity contribution >= 4 is 23.3 Å². The monoisotopic (exact) mass is 315 g/mol. The van der Waals surface area contributed by atoms with Crippen molar-refractivity contribution in [3.05, 3.63) is 24.3 Å². The van der Waals surface area contributed by atoms with E-state index in [1.54, 1.807) is 6.07 Å². The van der Waals surface area contributed by atoms with Crippen LogP contribution in [0.2, 0.25) is 0 Å². The van der Waals surface area contributed by atoms with Crippen LogP contribution in [0.25, 0.3) is 0 Å². The first-order valence-electron chi connectivity index (χ1n) is 8.60. The normalized spacial score (nSPS) is 23.9. The molecule has 5 nitrogen and oxygen atoms in total. The van der Waals surface area contributed by atoms with Gasteiger partial charge in [-0.15, -0.1) is 0 Å². The number of urea groups is 1. The molecule has 0 spiro atoms. The third kappa shape index (κ3) is 4.47. The van der Waals surface area contributed by atoms with Crippen LogP contribution in [0.5, 0.6) is 0 Å². The first kappa shape index (κ1) is 15.8. The van der Waals surface area contributed by atoms with E-state index in [-0.39, 0.29) is 23.9 Å². The highest BCUT2D eigenvalue weighted by Crippen LogP contribution is 2.30. The van der Waals surface area contributed by atoms with Gasteiger partial charge >= 0.3 is 6.03 Å². The molecule has 2 aliphatic carbocycles. The van der Waals surface area contributed by atoms with Crippen LogP contribution in [-0.2, 0) is 4.79 Å². The van der Waals surface area contributed by atoms with Gasteiger partial charge in [-0.25, -0.2) is 4.79 Å². The van der Waals surface area contributed by atoms with E-state index in [0.717, 1.165) is 24.9 Å². The highest BCUT2D eigenvalue weighted by Gasteiger charge is 2.29. The zero-order valence-electron chi connectivity index (χ0n) is 13.6. The molecule has 124 valence electrons. The minimum absolute atomic E-state index is 0.0719. The molecule has 1 aromatic rings. The Kier molecular flexibility index (Phi) is 4.84. The van der Waals surface area contributed by atoms with Crippen molar-refractivity contribution in [3.63, 3.8) is 0 Å². The van der Waals surface area contributed by atoms with Crippen molar-refractivity contribution < 1.29 is 9.59 Å². The quantitative estimate of drug-likeness (QED) is 0.792. The van der Waals surface area contributed by atoms with Crippen molar-refractivity contribution in [2.75, 3.05) is 10.6 Å². The lowest BCUT2D eigenvalue weighted by Gasteiger charge is -2.29. The molecule has 3 amide bonds. The Balaban J connectivity index is 1.54. The smallest absolute Gasteiger partial charge is 0.319 e. The van der Waals surface area contributed by atoms with Crippen molar-refractivity contribution in [1.29, 1.82) is 0 Å². The van der Waals surface area contributed by atoms with Gasteiger partial charge in [-0.2, -0.15) is 0 Å². The van der Waals surface area contributed by atoms with Crippen molar-refractivity contribution in [1.82, 2.24) is 5.32 Å². The lowest BCUT2D eigenvalue weighted by Crippen LogP contribution is -2.43. The molecule has 0 aliphatic heterocycles. The summed E-state index contributed by atoms with van der Waals surface area (Å²) in [6.07, 6.45) is 6.61. The van der Waals surface area contributed by atoms with Crippen LogP contribution in [0.4, 0.5) is 16.2 Å². The molecule has 2 atom stereocenters.